The van der Waals surface area contributed by atoms with E-state index in [2.05, 4.69) is 36.0 Å². The van der Waals surface area contributed by atoms with Crippen molar-refractivity contribution in [1.82, 2.24) is 15.2 Å². The molecule has 0 saturated carbocycles. The van der Waals surface area contributed by atoms with Crippen molar-refractivity contribution in [2.24, 2.45) is 0 Å². The lowest BCUT2D eigenvalue weighted by Crippen LogP contribution is -2.14. The van der Waals surface area contributed by atoms with Crippen molar-refractivity contribution >= 4 is 22.6 Å². The Balaban J connectivity index is 1.84. The Bertz CT molecular complexity index is 948. The molecule has 0 atom stereocenters. The summed E-state index contributed by atoms with van der Waals surface area (Å²) in [4.78, 5) is 4.35. The van der Waals surface area contributed by atoms with Crippen LogP contribution in [-0.2, 0) is 12.0 Å². The minimum Gasteiger partial charge on any atom is -0.487 e. The van der Waals surface area contributed by atoms with E-state index in [-0.39, 0.29) is 18.6 Å². The first-order chi connectivity index (χ1) is 12.8. The van der Waals surface area contributed by atoms with Gasteiger partial charge in [-0.15, -0.1) is 0 Å². The number of aromatic nitrogens is 3. The van der Waals surface area contributed by atoms with Crippen LogP contribution in [-0.4, -0.2) is 33.5 Å². The Labute approximate surface area is 163 Å². The molecular weight excluding hydrogens is 366 g/mol. The van der Waals surface area contributed by atoms with Crippen molar-refractivity contribution in [3.05, 3.63) is 46.1 Å². The molecule has 0 saturated heterocycles. The Morgan fingerprint density at radius 3 is 2.67 bits per heavy atom. The molecule has 0 spiro atoms. The second-order valence-electron chi connectivity index (χ2n) is 7.42. The quantitative estimate of drug-likeness (QED) is 0.661. The second-order valence-corrected chi connectivity index (χ2v) is 7.83. The molecule has 0 fully saturated rings. The number of halogens is 1. The monoisotopic (exact) mass is 389 g/mol. The summed E-state index contributed by atoms with van der Waals surface area (Å²) in [5.74, 6) is 1.24. The smallest absolute Gasteiger partial charge is 0.215 e. The minimum atomic E-state index is -0.0964. The number of aliphatic hydroxyl groups is 1. The zero-order chi connectivity index (χ0) is 19.6. The number of rotatable bonds is 6. The fourth-order valence-corrected chi connectivity index (χ4v) is 2.95. The molecule has 0 unspecified atom stereocenters. The number of aromatic amines is 1. The molecule has 0 aliphatic heterocycles. The molecule has 1 aromatic carbocycles. The number of aliphatic hydroxyl groups excluding tert-OH is 1. The van der Waals surface area contributed by atoms with Crippen LogP contribution in [0, 0.1) is 6.92 Å². The van der Waals surface area contributed by atoms with Crippen LogP contribution in [0.1, 0.15) is 37.6 Å². The highest BCUT2D eigenvalue weighted by Gasteiger charge is 2.21. The van der Waals surface area contributed by atoms with Crippen LogP contribution >= 0.6 is 11.6 Å². The number of pyridine rings is 1. The number of H-pyrrole nitrogens is 1. The van der Waals surface area contributed by atoms with Crippen molar-refractivity contribution in [2.75, 3.05) is 13.2 Å². The number of nitrogens with one attached hydrogen (secondary N) is 1. The van der Waals surface area contributed by atoms with E-state index in [9.17, 15) is 0 Å². The van der Waals surface area contributed by atoms with Crippen molar-refractivity contribution < 1.29 is 14.6 Å². The maximum Gasteiger partial charge on any atom is 0.215 e. The van der Waals surface area contributed by atoms with Crippen LogP contribution < -0.4 is 9.47 Å². The average Bonchev–Trinajstić information content (AvgIpc) is 3.02. The van der Waals surface area contributed by atoms with Crippen molar-refractivity contribution in [3.8, 4) is 11.6 Å². The molecule has 2 N–H and O–H groups in total. The molecule has 0 aliphatic rings. The van der Waals surface area contributed by atoms with Crippen molar-refractivity contribution in [1.29, 1.82) is 0 Å². The molecule has 27 heavy (non-hydrogen) atoms. The van der Waals surface area contributed by atoms with Crippen LogP contribution in [0.25, 0.3) is 11.0 Å². The normalized spacial score (nSPS) is 11.8. The second kappa shape index (κ2) is 7.74. The standard InChI is InChI=1S/C20H24ClN3O3/c1-12-9-17(14(10-15(12)21)20(2,3)4)27-11-16-13-5-6-18(26-8-7-25)22-19(13)24-23-16/h5-6,9-10,25H,7-8,11H2,1-4H3,(H,22,23,24). The number of aryl methyl sites for hydroxylation is 1. The first-order valence-corrected chi connectivity index (χ1v) is 9.18. The third-order valence-corrected chi connectivity index (χ3v) is 4.66. The van der Waals surface area contributed by atoms with E-state index in [4.69, 9.17) is 26.2 Å². The van der Waals surface area contributed by atoms with E-state index in [0.29, 0.717) is 18.1 Å². The van der Waals surface area contributed by atoms with Gasteiger partial charge >= 0.3 is 0 Å². The molecular formula is C20H24ClN3O3. The fourth-order valence-electron chi connectivity index (χ4n) is 2.79. The molecule has 3 aromatic rings. The molecule has 0 aliphatic carbocycles. The van der Waals surface area contributed by atoms with Gasteiger partial charge in [-0.3, -0.25) is 5.10 Å². The molecule has 2 aromatic heterocycles. The summed E-state index contributed by atoms with van der Waals surface area (Å²) in [5, 5.41) is 17.7. The predicted molar refractivity (Wildman–Crippen MR) is 106 cm³/mol. The maximum atomic E-state index is 8.84. The summed E-state index contributed by atoms with van der Waals surface area (Å²) in [6.07, 6.45) is 0. The van der Waals surface area contributed by atoms with Crippen LogP contribution in [0.5, 0.6) is 11.6 Å². The largest absolute Gasteiger partial charge is 0.487 e. The van der Waals surface area contributed by atoms with Crippen LogP contribution in [0.15, 0.2) is 24.3 Å². The van der Waals surface area contributed by atoms with Gasteiger partial charge in [0, 0.05) is 22.0 Å². The third kappa shape index (κ3) is 4.34. The van der Waals surface area contributed by atoms with Gasteiger partial charge < -0.3 is 14.6 Å². The summed E-state index contributed by atoms with van der Waals surface area (Å²) in [6, 6.07) is 7.58. The lowest BCUT2D eigenvalue weighted by atomic mass is 9.86. The minimum absolute atomic E-state index is 0.0571. The van der Waals surface area contributed by atoms with Crippen LogP contribution in [0.3, 0.4) is 0 Å². The summed E-state index contributed by atoms with van der Waals surface area (Å²) < 4.78 is 11.4. The van der Waals surface area contributed by atoms with Crippen LogP contribution in [0.4, 0.5) is 0 Å². The van der Waals surface area contributed by atoms with Gasteiger partial charge in [-0.05, 0) is 36.1 Å². The van der Waals surface area contributed by atoms with Crippen LogP contribution in [0.2, 0.25) is 5.02 Å². The van der Waals surface area contributed by atoms with Crippen molar-refractivity contribution in [2.45, 2.75) is 39.7 Å². The summed E-state index contributed by atoms with van der Waals surface area (Å²) in [6.45, 7) is 8.80. The van der Waals surface area contributed by atoms with Gasteiger partial charge in [-0.2, -0.15) is 10.1 Å². The van der Waals surface area contributed by atoms with E-state index < -0.39 is 0 Å². The van der Waals surface area contributed by atoms with E-state index >= 15 is 0 Å². The molecule has 7 heteroatoms. The lowest BCUT2D eigenvalue weighted by Gasteiger charge is -2.23. The third-order valence-electron chi connectivity index (χ3n) is 4.25. The van der Waals surface area contributed by atoms with Gasteiger partial charge in [0.25, 0.3) is 0 Å². The number of benzene rings is 1. The van der Waals surface area contributed by atoms with Gasteiger partial charge in [0.1, 0.15) is 24.7 Å². The number of hydrogen-bond acceptors (Lipinski definition) is 5. The average molecular weight is 390 g/mol. The molecule has 2 heterocycles. The van der Waals surface area contributed by atoms with E-state index in [0.717, 1.165) is 33.0 Å². The van der Waals surface area contributed by atoms with E-state index in [1.165, 1.54) is 0 Å². The van der Waals surface area contributed by atoms with Gasteiger partial charge in [-0.25, -0.2) is 0 Å². The van der Waals surface area contributed by atoms with E-state index in [1.807, 2.05) is 25.1 Å². The van der Waals surface area contributed by atoms with Gasteiger partial charge in [0.15, 0.2) is 5.65 Å². The van der Waals surface area contributed by atoms with Gasteiger partial charge in [0.2, 0.25) is 5.88 Å². The zero-order valence-electron chi connectivity index (χ0n) is 16.0. The summed E-state index contributed by atoms with van der Waals surface area (Å²) >= 11 is 6.31. The molecule has 0 bridgehead atoms. The topological polar surface area (TPSA) is 80.3 Å². The maximum absolute atomic E-state index is 8.84. The van der Waals surface area contributed by atoms with Gasteiger partial charge in [-0.1, -0.05) is 32.4 Å². The number of fused-ring (bicyclic) bond motifs is 1. The molecule has 3 rings (SSSR count). The number of hydrogen-bond donors (Lipinski definition) is 2. The van der Waals surface area contributed by atoms with E-state index in [1.54, 1.807) is 6.07 Å². The first kappa shape index (κ1) is 19.5. The fraction of sp³-hybridized carbons (Fsp3) is 0.400. The SMILES string of the molecule is Cc1cc(OCc2n[nH]c3nc(OCCO)ccc23)c(C(C)(C)C)cc1Cl. The first-order valence-electron chi connectivity index (χ1n) is 8.80. The number of nitrogens with zero attached hydrogens (tertiary/aromatic N) is 2. The number of ether oxygens (including phenoxy) is 2. The Morgan fingerprint density at radius 2 is 1.96 bits per heavy atom. The Hall–Kier alpha value is -2.31. The highest BCUT2D eigenvalue weighted by atomic mass is 35.5. The highest BCUT2D eigenvalue weighted by molar-refractivity contribution is 6.31. The highest BCUT2D eigenvalue weighted by Crippen LogP contribution is 2.36. The summed E-state index contributed by atoms with van der Waals surface area (Å²) in [5.41, 5.74) is 3.31. The molecule has 0 radical (unpaired) electrons. The van der Waals surface area contributed by atoms with Crippen molar-refractivity contribution in [3.63, 3.8) is 0 Å². The predicted octanol–water partition coefficient (Wildman–Crippen LogP) is 4.17. The Kier molecular flexibility index (Phi) is 5.58. The summed E-state index contributed by atoms with van der Waals surface area (Å²) in [7, 11) is 0. The molecule has 6 nitrogen and oxygen atoms in total. The Morgan fingerprint density at radius 1 is 1.19 bits per heavy atom. The molecule has 144 valence electrons. The van der Waals surface area contributed by atoms with Gasteiger partial charge in [0.05, 0.1) is 6.61 Å². The molecule has 0 amide bonds. The zero-order valence-corrected chi connectivity index (χ0v) is 16.7. The lowest BCUT2D eigenvalue weighted by molar-refractivity contribution is 0.197.